The molecule has 0 aliphatic carbocycles. The molecule has 0 amide bonds. The van der Waals surface area contributed by atoms with Crippen molar-refractivity contribution in [3.63, 3.8) is 0 Å². The summed E-state index contributed by atoms with van der Waals surface area (Å²) in [5.41, 5.74) is 0. The van der Waals surface area contributed by atoms with Crippen molar-refractivity contribution >= 4 is 0 Å². The minimum absolute atomic E-state index is 0.331. The lowest BCUT2D eigenvalue weighted by Crippen LogP contribution is -2.31. The van der Waals surface area contributed by atoms with Crippen LogP contribution in [0, 0.1) is 11.8 Å². The average molecular weight is 383 g/mol. The van der Waals surface area contributed by atoms with Gasteiger partial charge in [0.1, 0.15) is 13.2 Å². The Kier molecular flexibility index (Phi) is 10.1. The summed E-state index contributed by atoms with van der Waals surface area (Å²) in [6, 6.07) is 0. The molecule has 0 bridgehead atoms. The van der Waals surface area contributed by atoms with Gasteiger partial charge in [-0.1, -0.05) is 105 Å². The predicted molar refractivity (Wildman–Crippen MR) is 113 cm³/mol. The molecule has 0 aromatic heterocycles. The van der Waals surface area contributed by atoms with E-state index in [-0.39, 0.29) is 11.6 Å². The Labute approximate surface area is 168 Å². The van der Waals surface area contributed by atoms with E-state index in [2.05, 4.69) is 27.7 Å². The second-order valence-electron chi connectivity index (χ2n) is 9.21. The maximum atomic E-state index is 6.57. The molecule has 27 heavy (non-hydrogen) atoms. The van der Waals surface area contributed by atoms with Crippen molar-refractivity contribution in [2.75, 3.05) is 13.2 Å². The third-order valence-corrected chi connectivity index (χ3v) is 6.33. The molecule has 3 nitrogen and oxygen atoms in total. The standard InChI is InChI=1S/C24H46O3/c1-5-9-11-15-21(13-7-3)17-23(19-25-23)27-24(20-26-24)18-22(14-8-4)16-12-10-6-2/h21-22H,5-20H2,1-4H3. The van der Waals surface area contributed by atoms with Gasteiger partial charge in [0.15, 0.2) is 11.6 Å². The molecule has 2 heterocycles. The van der Waals surface area contributed by atoms with Crippen LogP contribution in [0.4, 0.5) is 0 Å². The van der Waals surface area contributed by atoms with Gasteiger partial charge in [0, 0.05) is 12.8 Å². The molecule has 2 aliphatic heterocycles. The Morgan fingerprint density at radius 3 is 1.33 bits per heavy atom. The van der Waals surface area contributed by atoms with Gasteiger partial charge in [0.2, 0.25) is 0 Å². The maximum absolute atomic E-state index is 6.57. The van der Waals surface area contributed by atoms with Crippen molar-refractivity contribution < 1.29 is 14.2 Å². The van der Waals surface area contributed by atoms with E-state index in [1.807, 2.05) is 0 Å². The summed E-state index contributed by atoms with van der Waals surface area (Å²) in [5.74, 6) is 0.803. The van der Waals surface area contributed by atoms with Crippen LogP contribution in [0.2, 0.25) is 0 Å². The van der Waals surface area contributed by atoms with Gasteiger partial charge in [0.05, 0.1) is 0 Å². The molecule has 0 saturated carbocycles. The first kappa shape index (κ1) is 23.2. The van der Waals surface area contributed by atoms with Gasteiger partial charge in [-0.2, -0.15) is 0 Å². The van der Waals surface area contributed by atoms with Gasteiger partial charge in [-0.3, -0.25) is 0 Å². The lowest BCUT2D eigenvalue weighted by Gasteiger charge is -2.26. The van der Waals surface area contributed by atoms with E-state index in [0.717, 1.165) is 37.9 Å². The normalized spacial score (nSPS) is 28.9. The van der Waals surface area contributed by atoms with Crippen LogP contribution in [-0.4, -0.2) is 24.8 Å². The third kappa shape index (κ3) is 8.41. The number of ether oxygens (including phenoxy) is 3. The van der Waals surface area contributed by atoms with Gasteiger partial charge >= 0.3 is 0 Å². The summed E-state index contributed by atoms with van der Waals surface area (Å²) >= 11 is 0. The van der Waals surface area contributed by atoms with E-state index in [4.69, 9.17) is 14.2 Å². The molecule has 3 heteroatoms. The molecular formula is C24H46O3. The quantitative estimate of drug-likeness (QED) is 0.185. The highest BCUT2D eigenvalue weighted by Gasteiger charge is 2.59. The minimum Gasteiger partial charge on any atom is -0.342 e. The summed E-state index contributed by atoms with van der Waals surface area (Å²) in [5, 5.41) is 0. The fourth-order valence-corrected chi connectivity index (χ4v) is 4.70. The van der Waals surface area contributed by atoms with Crippen LogP contribution >= 0.6 is 0 Å². The maximum Gasteiger partial charge on any atom is 0.195 e. The van der Waals surface area contributed by atoms with Crippen molar-refractivity contribution in [3.8, 4) is 0 Å². The lowest BCUT2D eigenvalue weighted by molar-refractivity contribution is -0.165. The van der Waals surface area contributed by atoms with Gasteiger partial charge < -0.3 is 14.2 Å². The molecule has 160 valence electrons. The van der Waals surface area contributed by atoms with Gasteiger partial charge in [-0.05, 0) is 11.8 Å². The molecular weight excluding hydrogens is 336 g/mol. The SMILES string of the molecule is CCCCCC(CCC)CC1(OC2(CC(CCC)CCCCC)CO2)CO1. The monoisotopic (exact) mass is 382 g/mol. The number of rotatable bonds is 18. The molecule has 2 saturated heterocycles. The van der Waals surface area contributed by atoms with Crippen molar-refractivity contribution in [1.29, 1.82) is 0 Å². The Morgan fingerprint density at radius 2 is 1.04 bits per heavy atom. The van der Waals surface area contributed by atoms with Crippen molar-refractivity contribution in [2.24, 2.45) is 11.8 Å². The molecule has 0 N–H and O–H groups in total. The number of epoxide rings is 2. The Morgan fingerprint density at radius 1 is 0.630 bits per heavy atom. The molecule has 0 radical (unpaired) electrons. The van der Waals surface area contributed by atoms with Crippen LogP contribution in [0.5, 0.6) is 0 Å². The second kappa shape index (κ2) is 11.8. The van der Waals surface area contributed by atoms with Crippen molar-refractivity contribution in [3.05, 3.63) is 0 Å². The Hall–Kier alpha value is -0.120. The summed E-state index contributed by atoms with van der Waals surface area (Å²) in [6.45, 7) is 10.7. The first-order valence-electron chi connectivity index (χ1n) is 12.1. The first-order valence-corrected chi connectivity index (χ1v) is 12.1. The van der Waals surface area contributed by atoms with E-state index in [1.54, 1.807) is 0 Å². The van der Waals surface area contributed by atoms with Crippen LogP contribution in [0.3, 0.4) is 0 Å². The number of unbranched alkanes of at least 4 members (excludes halogenated alkanes) is 4. The molecule has 2 rings (SSSR count). The molecule has 4 atom stereocenters. The van der Waals surface area contributed by atoms with E-state index >= 15 is 0 Å². The molecule has 0 aromatic rings. The fourth-order valence-electron chi connectivity index (χ4n) is 4.70. The summed E-state index contributed by atoms with van der Waals surface area (Å²) in [4.78, 5) is 0. The highest BCUT2D eigenvalue weighted by Crippen LogP contribution is 2.48. The lowest BCUT2D eigenvalue weighted by atomic mass is 9.90. The molecule has 2 aliphatic rings. The minimum atomic E-state index is -0.331. The average Bonchev–Trinajstić information content (AvgIpc) is 3.56. The first-order chi connectivity index (χ1) is 13.1. The smallest absolute Gasteiger partial charge is 0.195 e. The molecule has 0 aromatic carbocycles. The summed E-state index contributed by atoms with van der Waals surface area (Å²) in [7, 11) is 0. The summed E-state index contributed by atoms with van der Waals surface area (Å²) in [6.07, 6.45) is 17.8. The van der Waals surface area contributed by atoms with Crippen LogP contribution in [0.1, 0.15) is 118 Å². The van der Waals surface area contributed by atoms with Crippen molar-refractivity contribution in [2.45, 2.75) is 129 Å². The highest BCUT2D eigenvalue weighted by atomic mass is 16.9. The summed E-state index contributed by atoms with van der Waals surface area (Å²) < 4.78 is 18.4. The van der Waals surface area contributed by atoms with E-state index in [0.29, 0.717) is 0 Å². The zero-order chi connectivity index (χ0) is 19.6. The Balaban J connectivity index is 1.83. The van der Waals surface area contributed by atoms with Crippen LogP contribution in [-0.2, 0) is 14.2 Å². The van der Waals surface area contributed by atoms with E-state index < -0.39 is 0 Å². The van der Waals surface area contributed by atoms with Gasteiger partial charge in [-0.15, -0.1) is 0 Å². The van der Waals surface area contributed by atoms with Crippen LogP contribution < -0.4 is 0 Å². The fraction of sp³-hybridized carbons (Fsp3) is 1.00. The van der Waals surface area contributed by atoms with Crippen molar-refractivity contribution in [1.82, 2.24) is 0 Å². The van der Waals surface area contributed by atoms with Crippen LogP contribution in [0.25, 0.3) is 0 Å². The Bertz CT molecular complexity index is 351. The zero-order valence-corrected chi connectivity index (χ0v) is 18.7. The largest absolute Gasteiger partial charge is 0.342 e. The second-order valence-corrected chi connectivity index (χ2v) is 9.21. The van der Waals surface area contributed by atoms with E-state index in [9.17, 15) is 0 Å². The van der Waals surface area contributed by atoms with Gasteiger partial charge in [-0.25, -0.2) is 0 Å². The number of hydrogen-bond donors (Lipinski definition) is 0. The third-order valence-electron chi connectivity index (χ3n) is 6.33. The van der Waals surface area contributed by atoms with Crippen LogP contribution in [0.15, 0.2) is 0 Å². The highest BCUT2D eigenvalue weighted by molar-refractivity contribution is 4.93. The predicted octanol–water partition coefficient (Wildman–Crippen LogP) is 7.23. The van der Waals surface area contributed by atoms with Gasteiger partial charge in [0.25, 0.3) is 0 Å². The molecule has 0 spiro atoms. The molecule has 4 unspecified atom stereocenters. The molecule has 2 fully saturated rings. The zero-order valence-electron chi connectivity index (χ0n) is 18.7. The van der Waals surface area contributed by atoms with E-state index in [1.165, 1.54) is 77.0 Å². The topological polar surface area (TPSA) is 34.3 Å². The number of hydrogen-bond acceptors (Lipinski definition) is 3.